The molecule has 0 heterocycles. The van der Waals surface area contributed by atoms with Gasteiger partial charge < -0.3 is 5.11 Å². The van der Waals surface area contributed by atoms with Gasteiger partial charge in [-0.2, -0.15) is 0 Å². The molecule has 0 aliphatic heterocycles. The number of hydrogen-bond donors (Lipinski definition) is 1. The molecular formula is C15H14ClFO. The van der Waals surface area contributed by atoms with Crippen LogP contribution < -0.4 is 0 Å². The molecule has 0 aliphatic carbocycles. The minimum absolute atomic E-state index is 0.127. The average molecular weight is 265 g/mol. The van der Waals surface area contributed by atoms with Crippen LogP contribution in [-0.2, 0) is 0 Å². The van der Waals surface area contributed by atoms with Gasteiger partial charge in [0.05, 0.1) is 0 Å². The lowest BCUT2D eigenvalue weighted by Crippen LogP contribution is -2.04. The fraction of sp³-hybridized carbons (Fsp3) is 0.200. The van der Waals surface area contributed by atoms with Gasteiger partial charge in [-0.1, -0.05) is 35.9 Å². The van der Waals surface area contributed by atoms with E-state index in [9.17, 15) is 9.50 Å². The first-order chi connectivity index (χ1) is 8.50. The molecule has 0 amide bonds. The minimum Gasteiger partial charge on any atom is -0.383 e. The van der Waals surface area contributed by atoms with Gasteiger partial charge in [-0.15, -0.1) is 0 Å². The lowest BCUT2D eigenvalue weighted by atomic mass is 9.97. The summed E-state index contributed by atoms with van der Waals surface area (Å²) in [4.78, 5) is 0. The zero-order chi connectivity index (χ0) is 13.3. The Morgan fingerprint density at radius 1 is 1.11 bits per heavy atom. The van der Waals surface area contributed by atoms with Crippen LogP contribution in [0.15, 0.2) is 36.4 Å². The molecule has 0 saturated heterocycles. The Morgan fingerprint density at radius 3 is 2.44 bits per heavy atom. The van der Waals surface area contributed by atoms with Crippen LogP contribution in [0.5, 0.6) is 0 Å². The van der Waals surface area contributed by atoms with Crippen molar-refractivity contribution in [1.29, 1.82) is 0 Å². The summed E-state index contributed by atoms with van der Waals surface area (Å²) in [6.07, 6.45) is -1.04. The lowest BCUT2D eigenvalue weighted by Gasteiger charge is -2.15. The second-order valence-electron chi connectivity index (χ2n) is 4.38. The molecule has 2 aromatic rings. The zero-order valence-corrected chi connectivity index (χ0v) is 11.0. The Balaban J connectivity index is 2.48. The van der Waals surface area contributed by atoms with E-state index in [1.165, 1.54) is 12.1 Å². The van der Waals surface area contributed by atoms with Gasteiger partial charge in [0.1, 0.15) is 11.9 Å². The number of aliphatic hydroxyl groups is 1. The normalized spacial score (nSPS) is 12.5. The maximum atomic E-state index is 13.7. The number of halogens is 2. The van der Waals surface area contributed by atoms with Crippen molar-refractivity contribution in [1.82, 2.24) is 0 Å². The standard InChI is InChI=1S/C15H14ClFO/c1-9-6-7-11(8-10(9)2)15(18)14-12(16)4-3-5-13(14)17/h3-8,15,18H,1-2H3. The summed E-state index contributed by atoms with van der Waals surface area (Å²) < 4.78 is 13.7. The average Bonchev–Trinajstić information content (AvgIpc) is 2.32. The van der Waals surface area contributed by atoms with Crippen LogP contribution in [0, 0.1) is 19.7 Å². The molecule has 3 heteroatoms. The summed E-state index contributed by atoms with van der Waals surface area (Å²) in [5.74, 6) is -0.492. The summed E-state index contributed by atoms with van der Waals surface area (Å²) in [5.41, 5.74) is 2.96. The number of benzene rings is 2. The highest BCUT2D eigenvalue weighted by Gasteiger charge is 2.18. The highest BCUT2D eigenvalue weighted by Crippen LogP contribution is 2.31. The summed E-state index contributed by atoms with van der Waals surface area (Å²) >= 11 is 5.95. The summed E-state index contributed by atoms with van der Waals surface area (Å²) in [6.45, 7) is 3.94. The van der Waals surface area contributed by atoms with Gasteiger partial charge >= 0.3 is 0 Å². The maximum Gasteiger partial charge on any atom is 0.130 e. The van der Waals surface area contributed by atoms with Crippen LogP contribution in [-0.4, -0.2) is 5.11 Å². The zero-order valence-electron chi connectivity index (χ0n) is 10.2. The molecule has 2 aromatic carbocycles. The molecule has 0 fully saturated rings. The van der Waals surface area contributed by atoms with Crippen LogP contribution in [0.25, 0.3) is 0 Å². The SMILES string of the molecule is Cc1ccc(C(O)c2c(F)cccc2Cl)cc1C. The van der Waals surface area contributed by atoms with Crippen LogP contribution in [0.4, 0.5) is 4.39 Å². The summed E-state index contributed by atoms with van der Waals surface area (Å²) in [7, 11) is 0. The molecule has 2 rings (SSSR count). The van der Waals surface area contributed by atoms with Gasteiger partial charge in [0.25, 0.3) is 0 Å². The molecule has 94 valence electrons. The topological polar surface area (TPSA) is 20.2 Å². The van der Waals surface area contributed by atoms with Crippen LogP contribution in [0.3, 0.4) is 0 Å². The van der Waals surface area contributed by atoms with E-state index in [0.29, 0.717) is 5.56 Å². The summed E-state index contributed by atoms with van der Waals surface area (Å²) in [6, 6.07) is 9.94. The van der Waals surface area contributed by atoms with E-state index in [4.69, 9.17) is 11.6 Å². The Morgan fingerprint density at radius 2 is 1.83 bits per heavy atom. The first-order valence-corrected chi connectivity index (χ1v) is 6.07. The van der Waals surface area contributed by atoms with Gasteiger partial charge in [0, 0.05) is 10.6 Å². The van der Waals surface area contributed by atoms with Crippen molar-refractivity contribution in [3.63, 3.8) is 0 Å². The Hall–Kier alpha value is -1.38. The largest absolute Gasteiger partial charge is 0.383 e. The smallest absolute Gasteiger partial charge is 0.130 e. The van der Waals surface area contributed by atoms with Crippen molar-refractivity contribution in [3.8, 4) is 0 Å². The second-order valence-corrected chi connectivity index (χ2v) is 4.79. The quantitative estimate of drug-likeness (QED) is 0.863. The minimum atomic E-state index is -1.04. The molecule has 0 radical (unpaired) electrons. The number of hydrogen-bond acceptors (Lipinski definition) is 1. The Labute approximate surface area is 111 Å². The van der Waals surface area contributed by atoms with Crippen molar-refractivity contribution in [2.75, 3.05) is 0 Å². The van der Waals surface area contributed by atoms with E-state index in [-0.39, 0.29) is 10.6 Å². The van der Waals surface area contributed by atoms with E-state index < -0.39 is 11.9 Å². The highest BCUT2D eigenvalue weighted by molar-refractivity contribution is 6.31. The molecule has 0 spiro atoms. The van der Waals surface area contributed by atoms with Crippen LogP contribution >= 0.6 is 11.6 Å². The van der Waals surface area contributed by atoms with E-state index >= 15 is 0 Å². The van der Waals surface area contributed by atoms with Crippen LogP contribution in [0.2, 0.25) is 5.02 Å². The third-order valence-electron chi connectivity index (χ3n) is 3.12. The monoisotopic (exact) mass is 264 g/mol. The molecule has 1 N–H and O–H groups in total. The second kappa shape index (κ2) is 5.09. The third-order valence-corrected chi connectivity index (χ3v) is 3.45. The number of rotatable bonds is 2. The maximum absolute atomic E-state index is 13.7. The van der Waals surface area contributed by atoms with Gasteiger partial charge in [-0.05, 0) is 42.7 Å². The molecular weight excluding hydrogens is 251 g/mol. The van der Waals surface area contributed by atoms with Crippen molar-refractivity contribution in [2.24, 2.45) is 0 Å². The highest BCUT2D eigenvalue weighted by atomic mass is 35.5. The van der Waals surface area contributed by atoms with Crippen LogP contribution in [0.1, 0.15) is 28.4 Å². The first kappa shape index (κ1) is 13.1. The Bertz CT molecular complexity index is 560. The molecule has 18 heavy (non-hydrogen) atoms. The molecule has 0 bridgehead atoms. The van der Waals surface area contributed by atoms with Gasteiger partial charge in [-0.3, -0.25) is 0 Å². The van der Waals surface area contributed by atoms with Gasteiger partial charge in [-0.25, -0.2) is 4.39 Å². The van der Waals surface area contributed by atoms with Crippen molar-refractivity contribution < 1.29 is 9.50 Å². The predicted molar refractivity (Wildman–Crippen MR) is 71.4 cm³/mol. The predicted octanol–water partition coefficient (Wildman–Crippen LogP) is 4.18. The molecule has 1 nitrogen and oxygen atoms in total. The molecule has 0 saturated carbocycles. The first-order valence-electron chi connectivity index (χ1n) is 5.70. The molecule has 1 atom stereocenters. The third kappa shape index (κ3) is 2.40. The van der Waals surface area contributed by atoms with E-state index in [0.717, 1.165) is 11.1 Å². The number of aryl methyl sites for hydroxylation is 2. The van der Waals surface area contributed by atoms with Crippen molar-refractivity contribution in [2.45, 2.75) is 20.0 Å². The van der Waals surface area contributed by atoms with Gasteiger partial charge in [0.2, 0.25) is 0 Å². The van der Waals surface area contributed by atoms with E-state index in [1.54, 1.807) is 12.1 Å². The fourth-order valence-corrected chi connectivity index (χ4v) is 2.14. The summed E-state index contributed by atoms with van der Waals surface area (Å²) in [5, 5.41) is 10.5. The Kier molecular flexibility index (Phi) is 3.69. The van der Waals surface area contributed by atoms with Gasteiger partial charge in [0.15, 0.2) is 0 Å². The van der Waals surface area contributed by atoms with E-state index in [2.05, 4.69) is 0 Å². The van der Waals surface area contributed by atoms with Crippen molar-refractivity contribution in [3.05, 3.63) is 69.5 Å². The molecule has 0 aliphatic rings. The molecule has 1 unspecified atom stereocenters. The fourth-order valence-electron chi connectivity index (χ4n) is 1.87. The molecule has 0 aromatic heterocycles. The lowest BCUT2D eigenvalue weighted by molar-refractivity contribution is 0.215. The number of aliphatic hydroxyl groups excluding tert-OH is 1. The van der Waals surface area contributed by atoms with E-state index in [1.807, 2.05) is 26.0 Å². The van der Waals surface area contributed by atoms with Crippen molar-refractivity contribution >= 4 is 11.6 Å².